The van der Waals surface area contributed by atoms with Gasteiger partial charge in [-0.25, -0.2) is 0 Å². The van der Waals surface area contributed by atoms with Crippen molar-refractivity contribution < 1.29 is 0 Å². The number of pyridine rings is 1. The molecule has 0 spiro atoms. The molecule has 0 saturated carbocycles. The first-order chi connectivity index (χ1) is 8.88. The first-order valence-electron chi connectivity index (χ1n) is 6.95. The highest BCUT2D eigenvalue weighted by Gasteiger charge is 2.18. The number of aromatic nitrogens is 1. The molecule has 0 N–H and O–H groups in total. The van der Waals surface area contributed by atoms with E-state index < -0.39 is 0 Å². The molecule has 1 heteroatoms. The first-order valence-corrected chi connectivity index (χ1v) is 6.95. The zero-order valence-corrected chi connectivity index (χ0v) is 10.9. The fraction of sp³-hybridized carbons (Fsp3) is 0.353. The van der Waals surface area contributed by atoms with Gasteiger partial charge in [-0.3, -0.25) is 4.98 Å². The van der Waals surface area contributed by atoms with Crippen LogP contribution in [0.1, 0.15) is 43.1 Å². The summed E-state index contributed by atoms with van der Waals surface area (Å²) in [6, 6.07) is 13.1. The summed E-state index contributed by atoms with van der Waals surface area (Å²) in [4.78, 5) is 4.84. The van der Waals surface area contributed by atoms with Gasteiger partial charge in [-0.05, 0) is 30.0 Å². The Balaban J connectivity index is 1.84. The van der Waals surface area contributed by atoms with Crippen molar-refractivity contribution in [3.05, 3.63) is 53.3 Å². The summed E-state index contributed by atoms with van der Waals surface area (Å²) in [5.41, 5.74) is 6.66. The summed E-state index contributed by atoms with van der Waals surface area (Å²) in [6.45, 7) is 2.24. The minimum absolute atomic E-state index is 1.01. The van der Waals surface area contributed by atoms with Crippen molar-refractivity contribution in [1.29, 1.82) is 0 Å². The summed E-state index contributed by atoms with van der Waals surface area (Å²) in [5.74, 6) is 0. The molecule has 1 nitrogen and oxygen atoms in total. The lowest BCUT2D eigenvalue weighted by atomic mass is 10.1. The van der Waals surface area contributed by atoms with Gasteiger partial charge in [-0.15, -0.1) is 0 Å². The number of hydrogen-bond donors (Lipinski definition) is 0. The van der Waals surface area contributed by atoms with E-state index in [0.717, 1.165) is 12.8 Å². The van der Waals surface area contributed by atoms with Crippen LogP contribution in [0.4, 0.5) is 0 Å². The molecular weight excluding hydrogens is 218 g/mol. The van der Waals surface area contributed by atoms with Crippen LogP contribution in [0.3, 0.4) is 0 Å². The largest absolute Gasteiger partial charge is 0.257 e. The van der Waals surface area contributed by atoms with Gasteiger partial charge in [0, 0.05) is 17.7 Å². The maximum Gasteiger partial charge on any atom is 0.0529 e. The average Bonchev–Trinajstić information content (AvgIpc) is 2.76. The van der Waals surface area contributed by atoms with Crippen molar-refractivity contribution in [1.82, 2.24) is 4.98 Å². The van der Waals surface area contributed by atoms with E-state index in [-0.39, 0.29) is 0 Å². The van der Waals surface area contributed by atoms with E-state index in [2.05, 4.69) is 43.3 Å². The standard InChI is InChI=1S/C17H19N/c1-2-3-4-8-14-10-11-16-15-9-6-5-7-13(15)12-17(16)18-14/h5-7,9-11H,2-4,8,12H2,1H3. The Kier molecular flexibility index (Phi) is 3.14. The lowest BCUT2D eigenvalue weighted by Gasteiger charge is -2.04. The van der Waals surface area contributed by atoms with E-state index >= 15 is 0 Å². The summed E-state index contributed by atoms with van der Waals surface area (Å²) < 4.78 is 0. The van der Waals surface area contributed by atoms with Crippen LogP contribution in [0, 0.1) is 0 Å². The predicted octanol–water partition coefficient (Wildman–Crippen LogP) is 4.39. The van der Waals surface area contributed by atoms with Crippen LogP contribution in [-0.4, -0.2) is 4.98 Å². The van der Waals surface area contributed by atoms with Crippen LogP contribution in [0.25, 0.3) is 11.1 Å². The second-order valence-corrected chi connectivity index (χ2v) is 5.09. The van der Waals surface area contributed by atoms with Gasteiger partial charge in [-0.2, -0.15) is 0 Å². The number of unbranched alkanes of at least 4 members (excludes halogenated alkanes) is 2. The zero-order valence-electron chi connectivity index (χ0n) is 10.9. The topological polar surface area (TPSA) is 12.9 Å². The number of benzene rings is 1. The number of fused-ring (bicyclic) bond motifs is 3. The predicted molar refractivity (Wildman–Crippen MR) is 75.7 cm³/mol. The maximum absolute atomic E-state index is 4.84. The quantitative estimate of drug-likeness (QED) is 0.613. The lowest BCUT2D eigenvalue weighted by Crippen LogP contribution is -1.94. The number of nitrogens with zero attached hydrogens (tertiary/aromatic N) is 1. The smallest absolute Gasteiger partial charge is 0.0529 e. The molecule has 3 rings (SSSR count). The van der Waals surface area contributed by atoms with Crippen molar-refractivity contribution in [3.8, 4) is 11.1 Å². The third kappa shape index (κ3) is 2.05. The third-order valence-electron chi connectivity index (χ3n) is 3.73. The molecule has 1 heterocycles. The van der Waals surface area contributed by atoms with Crippen LogP contribution >= 0.6 is 0 Å². The Morgan fingerprint density at radius 1 is 1.00 bits per heavy atom. The lowest BCUT2D eigenvalue weighted by molar-refractivity contribution is 0.706. The van der Waals surface area contributed by atoms with Crippen molar-refractivity contribution in [2.75, 3.05) is 0 Å². The molecule has 2 aromatic rings. The number of rotatable bonds is 4. The maximum atomic E-state index is 4.84. The molecule has 92 valence electrons. The van der Waals surface area contributed by atoms with Crippen LogP contribution in [0.15, 0.2) is 36.4 Å². The van der Waals surface area contributed by atoms with Gasteiger partial charge in [0.2, 0.25) is 0 Å². The molecule has 0 unspecified atom stereocenters. The fourth-order valence-corrected chi connectivity index (χ4v) is 2.74. The van der Waals surface area contributed by atoms with Gasteiger partial charge in [0.05, 0.1) is 5.69 Å². The summed E-state index contributed by atoms with van der Waals surface area (Å²) in [6.07, 6.45) is 5.97. The highest BCUT2D eigenvalue weighted by Crippen LogP contribution is 2.35. The van der Waals surface area contributed by atoms with Gasteiger partial charge in [0.1, 0.15) is 0 Å². The second kappa shape index (κ2) is 4.93. The van der Waals surface area contributed by atoms with Crippen molar-refractivity contribution >= 4 is 0 Å². The van der Waals surface area contributed by atoms with E-state index in [1.165, 1.54) is 47.3 Å². The minimum Gasteiger partial charge on any atom is -0.257 e. The van der Waals surface area contributed by atoms with Gasteiger partial charge < -0.3 is 0 Å². The molecule has 1 aromatic heterocycles. The molecule has 0 saturated heterocycles. The SMILES string of the molecule is CCCCCc1ccc2c(n1)Cc1ccccc1-2. The Labute approximate surface area is 109 Å². The van der Waals surface area contributed by atoms with E-state index in [4.69, 9.17) is 4.98 Å². The second-order valence-electron chi connectivity index (χ2n) is 5.09. The van der Waals surface area contributed by atoms with Gasteiger partial charge >= 0.3 is 0 Å². The molecule has 0 bridgehead atoms. The first kappa shape index (κ1) is 11.5. The number of aryl methyl sites for hydroxylation is 1. The molecule has 1 aliphatic carbocycles. The van der Waals surface area contributed by atoms with Crippen LogP contribution in [-0.2, 0) is 12.8 Å². The average molecular weight is 237 g/mol. The van der Waals surface area contributed by atoms with Gasteiger partial charge in [0.15, 0.2) is 0 Å². The Morgan fingerprint density at radius 3 is 2.78 bits per heavy atom. The summed E-state index contributed by atoms with van der Waals surface area (Å²) >= 11 is 0. The molecule has 0 atom stereocenters. The number of hydrogen-bond acceptors (Lipinski definition) is 1. The normalized spacial score (nSPS) is 12.3. The van der Waals surface area contributed by atoms with E-state index in [1.807, 2.05) is 0 Å². The molecule has 0 radical (unpaired) electrons. The molecule has 1 aliphatic rings. The van der Waals surface area contributed by atoms with Gasteiger partial charge in [0.25, 0.3) is 0 Å². The Bertz CT molecular complexity index is 557. The monoisotopic (exact) mass is 237 g/mol. The van der Waals surface area contributed by atoms with Crippen molar-refractivity contribution in [3.63, 3.8) is 0 Å². The van der Waals surface area contributed by atoms with E-state index in [0.29, 0.717) is 0 Å². The van der Waals surface area contributed by atoms with Crippen LogP contribution in [0.5, 0.6) is 0 Å². The van der Waals surface area contributed by atoms with Crippen molar-refractivity contribution in [2.45, 2.75) is 39.0 Å². The minimum atomic E-state index is 1.01. The Morgan fingerprint density at radius 2 is 1.89 bits per heavy atom. The molecule has 0 amide bonds. The van der Waals surface area contributed by atoms with E-state index in [9.17, 15) is 0 Å². The highest BCUT2D eigenvalue weighted by atomic mass is 14.7. The highest BCUT2D eigenvalue weighted by molar-refractivity contribution is 5.75. The Hall–Kier alpha value is -1.63. The van der Waals surface area contributed by atoms with Crippen molar-refractivity contribution in [2.24, 2.45) is 0 Å². The fourth-order valence-electron chi connectivity index (χ4n) is 2.74. The molecule has 18 heavy (non-hydrogen) atoms. The molecule has 1 aromatic carbocycles. The summed E-state index contributed by atoms with van der Waals surface area (Å²) in [7, 11) is 0. The molecule has 0 aliphatic heterocycles. The van der Waals surface area contributed by atoms with E-state index in [1.54, 1.807) is 0 Å². The molecule has 0 fully saturated rings. The molecular formula is C17H19N. The third-order valence-corrected chi connectivity index (χ3v) is 3.73. The zero-order chi connectivity index (χ0) is 12.4. The van der Waals surface area contributed by atoms with Crippen LogP contribution in [0.2, 0.25) is 0 Å². The van der Waals surface area contributed by atoms with Crippen LogP contribution < -0.4 is 0 Å². The van der Waals surface area contributed by atoms with Gasteiger partial charge in [-0.1, -0.05) is 50.1 Å². The summed E-state index contributed by atoms with van der Waals surface area (Å²) in [5, 5.41) is 0.